The highest BCUT2D eigenvalue weighted by Crippen LogP contribution is 2.05. The summed E-state index contributed by atoms with van der Waals surface area (Å²) in [4.78, 5) is 0. The van der Waals surface area contributed by atoms with Crippen molar-refractivity contribution in [2.45, 2.75) is 0 Å². The van der Waals surface area contributed by atoms with E-state index in [1.165, 1.54) is 0 Å². The van der Waals surface area contributed by atoms with E-state index < -0.39 is 10.2 Å². The summed E-state index contributed by atoms with van der Waals surface area (Å²) in [6, 6.07) is 8.57. The number of benzene rings is 1. The van der Waals surface area contributed by atoms with Gasteiger partial charge in [0.1, 0.15) is 0 Å². The Morgan fingerprint density at radius 1 is 1.23 bits per heavy atom. The maximum absolute atomic E-state index is 11.1. The average molecular weight is 201 g/mol. The Morgan fingerprint density at radius 3 is 2.38 bits per heavy atom. The summed E-state index contributed by atoms with van der Waals surface area (Å²) >= 11 is 0. The molecule has 0 unspecified atom stereocenters. The lowest BCUT2D eigenvalue weighted by atomic mass is 10.3. The van der Waals surface area contributed by atoms with Crippen LogP contribution in [0.5, 0.6) is 0 Å². The number of nitrogens with two attached hydrogens (primary N) is 1. The van der Waals surface area contributed by atoms with Crippen molar-refractivity contribution in [2.75, 3.05) is 11.4 Å². The van der Waals surface area contributed by atoms with Crippen LogP contribution in [0.3, 0.4) is 0 Å². The molecule has 0 atom stereocenters. The molecule has 0 aromatic heterocycles. The third kappa shape index (κ3) is 3.41. The standard InChI is InChI=1S/C7H11N3O2S/c8-6-9-13(11,12)10-7-4-2-1-3-5-7/h1-5,9-10H,6,8H2. The zero-order valence-corrected chi connectivity index (χ0v) is 7.71. The predicted octanol–water partition coefficient (Wildman–Crippen LogP) is -0.151. The first-order valence-corrected chi connectivity index (χ1v) is 5.15. The SMILES string of the molecule is NCNS(=O)(=O)Nc1ccccc1. The molecule has 72 valence electrons. The van der Waals surface area contributed by atoms with Crippen LogP contribution in [0.15, 0.2) is 30.3 Å². The second-order valence-electron chi connectivity index (χ2n) is 2.32. The number of anilines is 1. The van der Waals surface area contributed by atoms with Crippen LogP contribution in [0.1, 0.15) is 0 Å². The van der Waals surface area contributed by atoms with Crippen molar-refractivity contribution < 1.29 is 8.42 Å². The molecule has 0 fully saturated rings. The summed E-state index contributed by atoms with van der Waals surface area (Å²) in [7, 11) is -3.51. The second-order valence-corrected chi connectivity index (χ2v) is 3.82. The lowest BCUT2D eigenvalue weighted by Gasteiger charge is -2.06. The van der Waals surface area contributed by atoms with E-state index >= 15 is 0 Å². The van der Waals surface area contributed by atoms with Gasteiger partial charge >= 0.3 is 0 Å². The van der Waals surface area contributed by atoms with Crippen molar-refractivity contribution in [2.24, 2.45) is 5.73 Å². The largest absolute Gasteiger partial charge is 0.318 e. The maximum Gasteiger partial charge on any atom is 0.300 e. The summed E-state index contributed by atoms with van der Waals surface area (Å²) in [6.07, 6.45) is 0. The van der Waals surface area contributed by atoms with Gasteiger partial charge in [0, 0.05) is 5.69 Å². The molecule has 0 aliphatic carbocycles. The highest BCUT2D eigenvalue weighted by atomic mass is 32.2. The van der Waals surface area contributed by atoms with E-state index in [4.69, 9.17) is 5.73 Å². The van der Waals surface area contributed by atoms with Gasteiger partial charge in [-0.05, 0) is 12.1 Å². The van der Waals surface area contributed by atoms with E-state index in [2.05, 4.69) is 9.44 Å². The van der Waals surface area contributed by atoms with Crippen LogP contribution in [0.25, 0.3) is 0 Å². The maximum atomic E-state index is 11.1. The fourth-order valence-electron chi connectivity index (χ4n) is 0.807. The van der Waals surface area contributed by atoms with Crippen LogP contribution in [0.2, 0.25) is 0 Å². The summed E-state index contributed by atoms with van der Waals surface area (Å²) in [5, 5.41) is 0. The van der Waals surface area contributed by atoms with Crippen LogP contribution in [-0.4, -0.2) is 15.1 Å². The molecular formula is C7H11N3O2S. The van der Waals surface area contributed by atoms with E-state index in [0.717, 1.165) is 0 Å². The molecule has 0 amide bonds. The second kappa shape index (κ2) is 4.22. The van der Waals surface area contributed by atoms with Crippen molar-refractivity contribution in [3.05, 3.63) is 30.3 Å². The number of nitrogens with one attached hydrogen (secondary N) is 2. The van der Waals surface area contributed by atoms with Crippen LogP contribution in [0.4, 0.5) is 5.69 Å². The van der Waals surface area contributed by atoms with Gasteiger partial charge in [-0.1, -0.05) is 18.2 Å². The summed E-state index contributed by atoms with van der Waals surface area (Å²) in [5.74, 6) is 0. The van der Waals surface area contributed by atoms with Gasteiger partial charge in [-0.25, -0.2) is 0 Å². The normalized spacial score (nSPS) is 11.2. The molecule has 0 spiro atoms. The molecule has 0 bridgehead atoms. The zero-order chi connectivity index (χ0) is 9.73. The van der Waals surface area contributed by atoms with Crippen molar-refractivity contribution in [1.29, 1.82) is 0 Å². The number of hydrogen-bond acceptors (Lipinski definition) is 3. The first-order valence-electron chi connectivity index (χ1n) is 3.66. The molecule has 1 aromatic carbocycles. The monoisotopic (exact) mass is 201 g/mol. The fraction of sp³-hybridized carbons (Fsp3) is 0.143. The Morgan fingerprint density at radius 2 is 1.85 bits per heavy atom. The first kappa shape index (κ1) is 9.97. The summed E-state index contributed by atoms with van der Waals surface area (Å²) in [5.41, 5.74) is 5.54. The molecule has 5 nitrogen and oxygen atoms in total. The summed E-state index contributed by atoms with van der Waals surface area (Å²) in [6.45, 7) is -0.123. The number of para-hydroxylation sites is 1. The van der Waals surface area contributed by atoms with Crippen molar-refractivity contribution in [3.63, 3.8) is 0 Å². The Hall–Kier alpha value is -1.11. The molecule has 1 aromatic rings. The third-order valence-electron chi connectivity index (χ3n) is 1.30. The van der Waals surface area contributed by atoms with Gasteiger partial charge in [0.2, 0.25) is 0 Å². The van der Waals surface area contributed by atoms with Gasteiger partial charge in [-0.15, -0.1) is 0 Å². The van der Waals surface area contributed by atoms with Crippen molar-refractivity contribution in [3.8, 4) is 0 Å². The molecule has 0 aliphatic heterocycles. The predicted molar refractivity (Wildman–Crippen MR) is 51.2 cm³/mol. The molecule has 0 aliphatic rings. The molecule has 0 heterocycles. The van der Waals surface area contributed by atoms with Gasteiger partial charge in [0.05, 0.1) is 6.67 Å². The van der Waals surface area contributed by atoms with E-state index in [9.17, 15) is 8.42 Å². The fourth-order valence-corrected chi connectivity index (χ4v) is 1.55. The van der Waals surface area contributed by atoms with Gasteiger partial charge in [-0.2, -0.15) is 13.1 Å². The van der Waals surface area contributed by atoms with E-state index in [0.29, 0.717) is 5.69 Å². The molecule has 0 radical (unpaired) electrons. The Labute approximate surface area is 77.1 Å². The highest BCUT2D eigenvalue weighted by Gasteiger charge is 2.06. The molecule has 0 saturated heterocycles. The van der Waals surface area contributed by atoms with Gasteiger partial charge < -0.3 is 5.73 Å². The van der Waals surface area contributed by atoms with E-state index in [1.807, 2.05) is 0 Å². The highest BCUT2D eigenvalue weighted by molar-refractivity contribution is 7.90. The van der Waals surface area contributed by atoms with E-state index in [1.54, 1.807) is 30.3 Å². The number of hydrogen-bond donors (Lipinski definition) is 3. The minimum Gasteiger partial charge on any atom is -0.318 e. The molecule has 4 N–H and O–H groups in total. The molecular weight excluding hydrogens is 190 g/mol. The van der Waals surface area contributed by atoms with Crippen LogP contribution in [-0.2, 0) is 10.2 Å². The van der Waals surface area contributed by atoms with Crippen molar-refractivity contribution >= 4 is 15.9 Å². The minimum absolute atomic E-state index is 0.123. The Bertz CT molecular complexity index is 349. The quantitative estimate of drug-likeness (QED) is 0.592. The topological polar surface area (TPSA) is 84.2 Å². The van der Waals surface area contributed by atoms with Gasteiger partial charge in [0.15, 0.2) is 0 Å². The van der Waals surface area contributed by atoms with Gasteiger partial charge in [0.25, 0.3) is 10.2 Å². The molecule has 6 heteroatoms. The number of rotatable bonds is 4. The average Bonchev–Trinajstić information content (AvgIpc) is 2.04. The van der Waals surface area contributed by atoms with E-state index in [-0.39, 0.29) is 6.67 Å². The Balaban J connectivity index is 2.70. The van der Waals surface area contributed by atoms with Crippen LogP contribution in [0, 0.1) is 0 Å². The third-order valence-corrected chi connectivity index (χ3v) is 2.35. The molecule has 1 rings (SSSR count). The molecule has 0 saturated carbocycles. The summed E-state index contributed by atoms with van der Waals surface area (Å²) < 4.78 is 26.6. The lowest BCUT2D eigenvalue weighted by Crippen LogP contribution is -2.34. The van der Waals surface area contributed by atoms with Gasteiger partial charge in [-0.3, -0.25) is 4.72 Å². The smallest absolute Gasteiger partial charge is 0.300 e. The zero-order valence-electron chi connectivity index (χ0n) is 6.90. The minimum atomic E-state index is -3.51. The molecule has 13 heavy (non-hydrogen) atoms. The van der Waals surface area contributed by atoms with Crippen LogP contribution >= 0.6 is 0 Å². The Kier molecular flexibility index (Phi) is 3.24. The van der Waals surface area contributed by atoms with Crippen molar-refractivity contribution in [1.82, 2.24) is 4.72 Å². The lowest BCUT2D eigenvalue weighted by molar-refractivity contribution is 0.588. The van der Waals surface area contributed by atoms with Crippen LogP contribution < -0.4 is 15.2 Å². The first-order chi connectivity index (χ1) is 6.14.